The van der Waals surface area contributed by atoms with E-state index in [1.165, 1.54) is 29.7 Å². The molecule has 0 spiro atoms. The van der Waals surface area contributed by atoms with Crippen molar-refractivity contribution in [1.29, 1.82) is 0 Å². The number of aromatic nitrogens is 4. The molecule has 2 aromatic rings. The van der Waals surface area contributed by atoms with Gasteiger partial charge < -0.3 is 5.32 Å². The van der Waals surface area contributed by atoms with Crippen LogP contribution in [0.25, 0.3) is 0 Å². The predicted molar refractivity (Wildman–Crippen MR) is 107 cm³/mol. The molecule has 0 aliphatic carbocycles. The van der Waals surface area contributed by atoms with Crippen LogP contribution < -0.4 is 5.32 Å². The van der Waals surface area contributed by atoms with Crippen molar-refractivity contribution in [1.82, 2.24) is 20.0 Å². The average molecular weight is 378 g/mol. The largest absolute Gasteiger partial charge is 0.301 e. The summed E-state index contributed by atoms with van der Waals surface area (Å²) in [5.74, 6) is 0.532. The first-order valence-electron chi connectivity index (χ1n) is 9.55. The number of nitrogens with one attached hydrogen (secondary N) is 1. The van der Waals surface area contributed by atoms with Crippen molar-refractivity contribution < 1.29 is 4.79 Å². The van der Waals surface area contributed by atoms with Gasteiger partial charge >= 0.3 is 0 Å². The van der Waals surface area contributed by atoms with E-state index in [4.69, 9.17) is 0 Å². The highest BCUT2D eigenvalue weighted by atomic mass is 32.1. The van der Waals surface area contributed by atoms with Gasteiger partial charge in [-0.25, -0.2) is 0 Å². The maximum absolute atomic E-state index is 12.3. The summed E-state index contributed by atoms with van der Waals surface area (Å²) < 4.78 is 2.06. The monoisotopic (exact) mass is 377 g/mol. The van der Waals surface area contributed by atoms with Gasteiger partial charge in [-0.15, -0.1) is 10.2 Å². The van der Waals surface area contributed by atoms with Crippen LogP contribution in [0.5, 0.6) is 0 Å². The maximum atomic E-state index is 12.3. The fraction of sp³-hybridized carbons (Fsp3) is 0.684. The molecule has 2 aromatic heterocycles. The van der Waals surface area contributed by atoms with E-state index in [0.717, 1.165) is 35.8 Å². The summed E-state index contributed by atoms with van der Waals surface area (Å²) in [5.41, 5.74) is 3.36. The van der Waals surface area contributed by atoms with Gasteiger partial charge in [0.25, 0.3) is 0 Å². The third kappa shape index (κ3) is 5.90. The van der Waals surface area contributed by atoms with Crippen LogP contribution in [-0.2, 0) is 24.2 Å². The van der Waals surface area contributed by atoms with Crippen molar-refractivity contribution >= 4 is 22.4 Å². The molecule has 1 amide bonds. The van der Waals surface area contributed by atoms with Crippen molar-refractivity contribution in [3.63, 3.8) is 0 Å². The lowest BCUT2D eigenvalue weighted by molar-refractivity contribution is -0.116. The first-order chi connectivity index (χ1) is 12.4. The summed E-state index contributed by atoms with van der Waals surface area (Å²) in [6.45, 7) is 11.6. The van der Waals surface area contributed by atoms with Gasteiger partial charge in [0.05, 0.1) is 5.69 Å². The fourth-order valence-corrected chi connectivity index (χ4v) is 3.77. The second-order valence-electron chi connectivity index (χ2n) is 7.23. The van der Waals surface area contributed by atoms with E-state index >= 15 is 0 Å². The zero-order valence-corrected chi connectivity index (χ0v) is 17.4. The van der Waals surface area contributed by atoms with Crippen LogP contribution in [0, 0.1) is 19.8 Å². The Balaban J connectivity index is 1.86. The van der Waals surface area contributed by atoms with Gasteiger partial charge in [-0.1, -0.05) is 44.9 Å². The van der Waals surface area contributed by atoms with Crippen molar-refractivity contribution in [3.8, 4) is 0 Å². The Labute approximate surface area is 160 Å². The fourth-order valence-electron chi connectivity index (χ4n) is 2.97. The number of carbonyl (C=O) groups is 1. The van der Waals surface area contributed by atoms with E-state index in [1.807, 2.05) is 6.92 Å². The number of rotatable bonds is 10. The SMILES string of the molecule is CCCCCc1nnc(NC(=O)CCc2c(C)nn(CC(C)C)c2C)s1. The highest BCUT2D eigenvalue weighted by Gasteiger charge is 2.14. The van der Waals surface area contributed by atoms with Crippen LogP contribution in [-0.4, -0.2) is 25.9 Å². The van der Waals surface area contributed by atoms with E-state index < -0.39 is 0 Å². The summed E-state index contributed by atoms with van der Waals surface area (Å²) in [6.07, 6.45) is 5.58. The van der Waals surface area contributed by atoms with Crippen LogP contribution in [0.1, 0.15) is 68.4 Å². The van der Waals surface area contributed by atoms with Crippen LogP contribution in [0.15, 0.2) is 0 Å². The molecule has 0 radical (unpaired) electrons. The molecular weight excluding hydrogens is 346 g/mol. The summed E-state index contributed by atoms with van der Waals surface area (Å²) >= 11 is 1.48. The zero-order chi connectivity index (χ0) is 19.1. The van der Waals surface area contributed by atoms with Gasteiger partial charge in [-0.3, -0.25) is 9.48 Å². The Morgan fingerprint density at radius 3 is 2.65 bits per heavy atom. The Morgan fingerprint density at radius 1 is 1.19 bits per heavy atom. The molecule has 0 unspecified atom stereocenters. The summed E-state index contributed by atoms with van der Waals surface area (Å²) in [5, 5.41) is 17.3. The molecule has 0 bridgehead atoms. The summed E-state index contributed by atoms with van der Waals surface area (Å²) in [7, 11) is 0. The molecule has 144 valence electrons. The van der Waals surface area contributed by atoms with Crippen molar-refractivity contribution in [2.24, 2.45) is 5.92 Å². The Kier molecular flexibility index (Phi) is 7.75. The van der Waals surface area contributed by atoms with E-state index in [2.05, 4.69) is 53.0 Å². The molecule has 0 saturated heterocycles. The topological polar surface area (TPSA) is 72.7 Å². The molecule has 0 saturated carbocycles. The van der Waals surface area contributed by atoms with Gasteiger partial charge in [0.15, 0.2) is 0 Å². The highest BCUT2D eigenvalue weighted by molar-refractivity contribution is 7.15. The lowest BCUT2D eigenvalue weighted by atomic mass is 10.1. The molecule has 0 aromatic carbocycles. The van der Waals surface area contributed by atoms with Crippen LogP contribution in [0.2, 0.25) is 0 Å². The average Bonchev–Trinajstić information content (AvgIpc) is 3.11. The van der Waals surface area contributed by atoms with Gasteiger partial charge in [-0.2, -0.15) is 5.10 Å². The predicted octanol–water partition coefficient (Wildman–Crippen LogP) is 4.31. The minimum atomic E-state index is -0.0170. The molecule has 1 N–H and O–H groups in total. The number of carbonyl (C=O) groups excluding carboxylic acids is 1. The van der Waals surface area contributed by atoms with Crippen molar-refractivity contribution in [2.75, 3.05) is 5.32 Å². The van der Waals surface area contributed by atoms with E-state index in [-0.39, 0.29) is 5.91 Å². The van der Waals surface area contributed by atoms with Gasteiger partial charge in [0.1, 0.15) is 5.01 Å². The van der Waals surface area contributed by atoms with Crippen molar-refractivity contribution in [2.45, 2.75) is 79.7 Å². The lowest BCUT2D eigenvalue weighted by Gasteiger charge is -2.08. The molecule has 26 heavy (non-hydrogen) atoms. The highest BCUT2D eigenvalue weighted by Crippen LogP contribution is 2.19. The number of nitrogens with zero attached hydrogens (tertiary/aromatic N) is 4. The minimum Gasteiger partial charge on any atom is -0.301 e. The van der Waals surface area contributed by atoms with Crippen molar-refractivity contribution in [3.05, 3.63) is 22.0 Å². The Morgan fingerprint density at radius 2 is 1.96 bits per heavy atom. The molecule has 0 fully saturated rings. The molecule has 6 nitrogen and oxygen atoms in total. The molecule has 0 aliphatic heterocycles. The Bertz CT molecular complexity index is 720. The van der Waals surface area contributed by atoms with Crippen LogP contribution >= 0.6 is 11.3 Å². The normalized spacial score (nSPS) is 11.3. The van der Waals surface area contributed by atoms with Gasteiger partial charge in [0.2, 0.25) is 11.0 Å². The second-order valence-corrected chi connectivity index (χ2v) is 8.29. The molecule has 0 aliphatic rings. The third-order valence-corrected chi connectivity index (χ3v) is 5.28. The molecule has 2 heterocycles. The number of anilines is 1. The zero-order valence-electron chi connectivity index (χ0n) is 16.6. The van der Waals surface area contributed by atoms with E-state index in [1.54, 1.807) is 0 Å². The number of amides is 1. The summed E-state index contributed by atoms with van der Waals surface area (Å²) in [4.78, 5) is 12.3. The van der Waals surface area contributed by atoms with Crippen LogP contribution in [0.4, 0.5) is 5.13 Å². The number of unbranched alkanes of at least 4 members (excludes halogenated alkanes) is 2. The number of hydrogen-bond acceptors (Lipinski definition) is 5. The molecule has 2 rings (SSSR count). The smallest absolute Gasteiger partial charge is 0.226 e. The molecular formula is C19H31N5OS. The van der Waals surface area contributed by atoms with E-state index in [9.17, 15) is 4.79 Å². The third-order valence-electron chi connectivity index (χ3n) is 4.38. The van der Waals surface area contributed by atoms with Crippen LogP contribution in [0.3, 0.4) is 0 Å². The van der Waals surface area contributed by atoms with Gasteiger partial charge in [-0.05, 0) is 38.2 Å². The van der Waals surface area contributed by atoms with Gasteiger partial charge in [0, 0.05) is 25.1 Å². The lowest BCUT2D eigenvalue weighted by Crippen LogP contribution is -2.13. The maximum Gasteiger partial charge on any atom is 0.226 e. The number of aryl methyl sites for hydroxylation is 2. The summed E-state index contributed by atoms with van der Waals surface area (Å²) in [6, 6.07) is 0. The first-order valence-corrected chi connectivity index (χ1v) is 10.4. The first kappa shape index (κ1) is 20.6. The number of hydrogen-bond donors (Lipinski definition) is 1. The standard InChI is InChI=1S/C19H31N5OS/c1-6-7-8-9-18-21-22-19(26-18)20-17(25)11-10-16-14(4)23-24(15(16)5)12-13(2)3/h13H,6-12H2,1-5H3,(H,20,22,25). The second kappa shape index (κ2) is 9.80. The molecule has 7 heteroatoms. The van der Waals surface area contributed by atoms with E-state index in [0.29, 0.717) is 23.9 Å². The Hall–Kier alpha value is -1.76. The quantitative estimate of drug-likeness (QED) is 0.626. The molecule has 0 atom stereocenters. The minimum absolute atomic E-state index is 0.0170.